The average molecular weight is 228 g/mol. The molecule has 3 heteroatoms. The van der Waals surface area contributed by atoms with Gasteiger partial charge in [0.25, 0.3) is 0 Å². The van der Waals surface area contributed by atoms with Crippen LogP contribution in [0.25, 0.3) is 0 Å². The van der Waals surface area contributed by atoms with Crippen LogP contribution in [0.3, 0.4) is 0 Å². The van der Waals surface area contributed by atoms with E-state index in [-0.39, 0.29) is 11.9 Å². The van der Waals surface area contributed by atoms with E-state index in [1.54, 1.807) is 0 Å². The minimum absolute atomic E-state index is 0.199. The van der Waals surface area contributed by atoms with Crippen molar-refractivity contribution < 1.29 is 14.6 Å². The van der Waals surface area contributed by atoms with Gasteiger partial charge >= 0.3 is 5.97 Å². The highest BCUT2D eigenvalue weighted by Crippen LogP contribution is 2.35. The van der Waals surface area contributed by atoms with Crippen molar-refractivity contribution in [3.05, 3.63) is 0 Å². The van der Waals surface area contributed by atoms with E-state index in [9.17, 15) is 9.90 Å². The van der Waals surface area contributed by atoms with E-state index < -0.39 is 5.60 Å². The third-order valence-corrected chi connectivity index (χ3v) is 3.51. The number of ether oxygens (including phenoxy) is 1. The van der Waals surface area contributed by atoms with Gasteiger partial charge in [0.15, 0.2) is 0 Å². The summed E-state index contributed by atoms with van der Waals surface area (Å²) in [6.07, 6.45) is 6.19. The Morgan fingerprint density at radius 3 is 2.25 bits per heavy atom. The number of esters is 1. The third-order valence-electron chi connectivity index (χ3n) is 3.51. The van der Waals surface area contributed by atoms with Gasteiger partial charge in [-0.25, -0.2) is 0 Å². The second kappa shape index (κ2) is 6.24. The zero-order chi connectivity index (χ0) is 12.0. The van der Waals surface area contributed by atoms with Crippen molar-refractivity contribution in [1.82, 2.24) is 0 Å². The number of unbranched alkanes of at least 4 members (excludes halogenated alkanes) is 2. The summed E-state index contributed by atoms with van der Waals surface area (Å²) in [6.45, 7) is 4.69. The molecule has 0 amide bonds. The smallest absolute Gasteiger partial charge is 0.311 e. The number of hydrogen-bond acceptors (Lipinski definition) is 3. The summed E-state index contributed by atoms with van der Waals surface area (Å²) < 4.78 is 4.97. The van der Waals surface area contributed by atoms with Gasteiger partial charge in [0.2, 0.25) is 0 Å². The van der Waals surface area contributed by atoms with Gasteiger partial charge in [-0.1, -0.05) is 39.5 Å². The molecular weight excluding hydrogens is 204 g/mol. The van der Waals surface area contributed by atoms with Gasteiger partial charge in [-0.2, -0.15) is 0 Å². The first-order chi connectivity index (χ1) is 7.64. The number of hydrogen-bond donors (Lipinski definition) is 1. The van der Waals surface area contributed by atoms with Crippen LogP contribution in [0, 0.1) is 5.92 Å². The molecule has 1 atom stereocenters. The Hall–Kier alpha value is -0.570. The van der Waals surface area contributed by atoms with Crippen molar-refractivity contribution in [3.8, 4) is 0 Å². The van der Waals surface area contributed by atoms with Crippen molar-refractivity contribution in [1.29, 1.82) is 0 Å². The van der Waals surface area contributed by atoms with Crippen LogP contribution in [-0.2, 0) is 9.53 Å². The summed E-state index contributed by atoms with van der Waals surface area (Å²) in [4.78, 5) is 11.6. The lowest BCUT2D eigenvalue weighted by atomic mass is 9.78. The van der Waals surface area contributed by atoms with E-state index in [1.165, 1.54) is 0 Å². The van der Waals surface area contributed by atoms with Crippen LogP contribution in [0.15, 0.2) is 0 Å². The lowest BCUT2D eigenvalue weighted by molar-refractivity contribution is -0.149. The quantitative estimate of drug-likeness (QED) is 0.681. The highest BCUT2D eigenvalue weighted by molar-refractivity contribution is 5.75. The first-order valence-corrected chi connectivity index (χ1v) is 6.53. The molecule has 3 nitrogen and oxygen atoms in total. The third kappa shape index (κ3) is 3.21. The summed E-state index contributed by atoms with van der Waals surface area (Å²) in [5, 5.41) is 10.6. The van der Waals surface area contributed by atoms with Crippen LogP contribution in [0.2, 0.25) is 0 Å². The minimum Gasteiger partial charge on any atom is -0.465 e. The van der Waals surface area contributed by atoms with Gasteiger partial charge in [-0.05, 0) is 19.3 Å². The summed E-state index contributed by atoms with van der Waals surface area (Å²) in [5.41, 5.74) is -0.820. The number of rotatable bonds is 7. The van der Waals surface area contributed by atoms with E-state index in [2.05, 4.69) is 13.8 Å². The Morgan fingerprint density at radius 2 is 1.88 bits per heavy atom. The summed E-state index contributed by atoms with van der Waals surface area (Å²) in [7, 11) is 0. The van der Waals surface area contributed by atoms with Crippen LogP contribution in [0.5, 0.6) is 0 Å². The van der Waals surface area contributed by atoms with Gasteiger partial charge in [0, 0.05) is 0 Å². The van der Waals surface area contributed by atoms with Crippen LogP contribution in [-0.4, -0.2) is 23.3 Å². The van der Waals surface area contributed by atoms with Gasteiger partial charge in [-0.15, -0.1) is 0 Å². The van der Waals surface area contributed by atoms with Crippen molar-refractivity contribution in [3.63, 3.8) is 0 Å². The Morgan fingerprint density at radius 1 is 1.31 bits per heavy atom. The maximum absolute atomic E-state index is 11.6. The Kier molecular flexibility index (Phi) is 5.26. The molecule has 0 aromatic carbocycles. The molecule has 1 heterocycles. The standard InChI is InChI=1S/C13H24O3/c1-3-5-8-13(15,9-6-4-2)11-7-10-16-12(11)14/h11,15H,3-10H2,1-2H3. The highest BCUT2D eigenvalue weighted by Gasteiger charge is 2.43. The topological polar surface area (TPSA) is 46.5 Å². The number of carbonyl (C=O) groups is 1. The average Bonchev–Trinajstić information content (AvgIpc) is 2.71. The summed E-state index contributed by atoms with van der Waals surface area (Å²) >= 11 is 0. The fourth-order valence-corrected chi connectivity index (χ4v) is 2.42. The minimum atomic E-state index is -0.820. The van der Waals surface area contributed by atoms with E-state index in [0.29, 0.717) is 13.0 Å². The molecular formula is C13H24O3. The van der Waals surface area contributed by atoms with Crippen molar-refractivity contribution in [2.24, 2.45) is 5.92 Å². The normalized spacial score (nSPS) is 21.2. The fourth-order valence-electron chi connectivity index (χ4n) is 2.42. The van der Waals surface area contributed by atoms with Gasteiger partial charge < -0.3 is 9.84 Å². The molecule has 0 radical (unpaired) electrons. The number of cyclic esters (lactones) is 1. The van der Waals surface area contributed by atoms with E-state index in [0.717, 1.165) is 38.5 Å². The molecule has 0 bridgehead atoms. The maximum Gasteiger partial charge on any atom is 0.311 e. The lowest BCUT2D eigenvalue weighted by Gasteiger charge is -2.32. The number of aliphatic hydroxyl groups is 1. The van der Waals surface area contributed by atoms with Crippen molar-refractivity contribution in [2.45, 2.75) is 64.4 Å². The molecule has 1 rings (SSSR count). The van der Waals surface area contributed by atoms with E-state index in [4.69, 9.17) is 4.74 Å². The first kappa shape index (κ1) is 13.5. The monoisotopic (exact) mass is 228 g/mol. The molecule has 0 spiro atoms. The van der Waals surface area contributed by atoms with Gasteiger partial charge in [0.05, 0.1) is 18.1 Å². The predicted octanol–water partition coefficient (Wildman–Crippen LogP) is 2.66. The molecule has 94 valence electrons. The summed E-state index contributed by atoms with van der Waals surface area (Å²) in [6, 6.07) is 0. The molecule has 1 unspecified atom stereocenters. The largest absolute Gasteiger partial charge is 0.465 e. The van der Waals surface area contributed by atoms with Crippen LogP contribution in [0.1, 0.15) is 58.8 Å². The Labute approximate surface area is 98.2 Å². The van der Waals surface area contributed by atoms with Crippen LogP contribution < -0.4 is 0 Å². The van der Waals surface area contributed by atoms with Crippen molar-refractivity contribution >= 4 is 5.97 Å². The first-order valence-electron chi connectivity index (χ1n) is 6.53. The SMILES string of the molecule is CCCCC(O)(CCCC)C1CCOC1=O. The molecule has 16 heavy (non-hydrogen) atoms. The fraction of sp³-hybridized carbons (Fsp3) is 0.923. The molecule has 1 N–H and O–H groups in total. The zero-order valence-electron chi connectivity index (χ0n) is 10.5. The molecule has 0 aromatic heterocycles. The second-order valence-electron chi connectivity index (χ2n) is 4.82. The van der Waals surface area contributed by atoms with Crippen LogP contribution >= 0.6 is 0 Å². The van der Waals surface area contributed by atoms with Gasteiger partial charge in [0.1, 0.15) is 0 Å². The highest BCUT2D eigenvalue weighted by atomic mass is 16.5. The van der Waals surface area contributed by atoms with Gasteiger partial charge in [-0.3, -0.25) is 4.79 Å². The molecule has 0 aromatic rings. The molecule has 0 saturated carbocycles. The van der Waals surface area contributed by atoms with Crippen molar-refractivity contribution in [2.75, 3.05) is 6.61 Å². The predicted molar refractivity (Wildman–Crippen MR) is 63.1 cm³/mol. The molecule has 1 saturated heterocycles. The summed E-state index contributed by atoms with van der Waals surface area (Å²) in [5.74, 6) is -0.486. The molecule has 1 fully saturated rings. The van der Waals surface area contributed by atoms with E-state index >= 15 is 0 Å². The molecule has 0 aliphatic carbocycles. The zero-order valence-corrected chi connectivity index (χ0v) is 10.5. The maximum atomic E-state index is 11.6. The number of carbonyl (C=O) groups excluding carboxylic acids is 1. The Balaban J connectivity index is 2.63. The Bertz CT molecular complexity index is 217. The molecule has 1 aliphatic rings. The van der Waals surface area contributed by atoms with Crippen LogP contribution in [0.4, 0.5) is 0 Å². The molecule has 1 aliphatic heterocycles. The second-order valence-corrected chi connectivity index (χ2v) is 4.82. The lowest BCUT2D eigenvalue weighted by Crippen LogP contribution is -2.40. The van der Waals surface area contributed by atoms with E-state index in [1.807, 2.05) is 0 Å².